The number of aromatic nitrogens is 1. The molecule has 0 aliphatic carbocycles. The summed E-state index contributed by atoms with van der Waals surface area (Å²) in [6.07, 6.45) is 1.20. The Balaban J connectivity index is 2.46. The number of aryl methyl sites for hydroxylation is 1. The normalized spacial score (nSPS) is 11.0. The molecule has 23 heavy (non-hydrogen) atoms. The van der Waals surface area contributed by atoms with Crippen LogP contribution in [0.25, 0.3) is 5.70 Å². The average molecular weight is 310 g/mol. The third-order valence-corrected chi connectivity index (χ3v) is 3.16. The van der Waals surface area contributed by atoms with Gasteiger partial charge in [0.25, 0.3) is 0 Å². The first kappa shape index (κ1) is 16.7. The summed E-state index contributed by atoms with van der Waals surface area (Å²) in [7, 11) is 0. The fourth-order valence-corrected chi connectivity index (χ4v) is 2.12. The first-order chi connectivity index (χ1) is 10.8. The van der Waals surface area contributed by atoms with Gasteiger partial charge >= 0.3 is 6.09 Å². The Kier molecular flexibility index (Phi) is 4.84. The van der Waals surface area contributed by atoms with Crippen molar-refractivity contribution in [2.45, 2.75) is 33.3 Å². The molecule has 4 nitrogen and oxygen atoms in total. The summed E-state index contributed by atoms with van der Waals surface area (Å²) in [4.78, 5) is 18.5. The van der Waals surface area contributed by atoms with Gasteiger partial charge in [0.1, 0.15) is 5.60 Å². The van der Waals surface area contributed by atoms with Crippen LogP contribution in [0.4, 0.5) is 10.5 Å². The van der Waals surface area contributed by atoms with Crippen molar-refractivity contribution >= 4 is 17.5 Å². The first-order valence-corrected chi connectivity index (χ1v) is 7.48. The SMILES string of the molecule is C=C(c1ccccn1)N(C(=O)OC(C)(C)C)c1ccccc1C. The molecule has 0 N–H and O–H groups in total. The van der Waals surface area contributed by atoms with Crippen molar-refractivity contribution in [1.29, 1.82) is 0 Å². The van der Waals surface area contributed by atoms with Gasteiger partial charge in [0.2, 0.25) is 0 Å². The smallest absolute Gasteiger partial charge is 0.419 e. The average Bonchev–Trinajstić information content (AvgIpc) is 2.48. The summed E-state index contributed by atoms with van der Waals surface area (Å²) in [5.41, 5.74) is 2.20. The van der Waals surface area contributed by atoms with Crippen LogP contribution in [0.2, 0.25) is 0 Å². The minimum atomic E-state index is -0.595. The number of nitrogens with zero attached hydrogens (tertiary/aromatic N) is 2. The summed E-state index contributed by atoms with van der Waals surface area (Å²) in [5.74, 6) is 0. The Labute approximate surface area is 137 Å². The van der Waals surface area contributed by atoms with Crippen molar-refractivity contribution in [3.8, 4) is 0 Å². The van der Waals surface area contributed by atoms with E-state index < -0.39 is 11.7 Å². The van der Waals surface area contributed by atoms with Crippen LogP contribution >= 0.6 is 0 Å². The molecule has 0 aliphatic rings. The predicted octanol–water partition coefficient (Wildman–Crippen LogP) is 4.80. The number of pyridine rings is 1. The number of hydrogen-bond acceptors (Lipinski definition) is 3. The third kappa shape index (κ3) is 4.19. The molecule has 2 aromatic rings. The Morgan fingerprint density at radius 2 is 1.78 bits per heavy atom. The predicted molar refractivity (Wildman–Crippen MR) is 93.2 cm³/mol. The molecule has 120 valence electrons. The molecule has 0 atom stereocenters. The van der Waals surface area contributed by atoms with Crippen LogP contribution in [-0.2, 0) is 4.74 Å². The minimum Gasteiger partial charge on any atom is -0.443 e. The molecule has 0 fully saturated rings. The number of rotatable bonds is 3. The first-order valence-electron chi connectivity index (χ1n) is 7.48. The number of anilines is 1. The van der Waals surface area contributed by atoms with E-state index in [-0.39, 0.29) is 0 Å². The van der Waals surface area contributed by atoms with Gasteiger partial charge in [-0.25, -0.2) is 9.69 Å². The highest BCUT2D eigenvalue weighted by molar-refractivity contribution is 6.02. The van der Waals surface area contributed by atoms with E-state index in [0.717, 1.165) is 11.3 Å². The molecule has 2 rings (SSSR count). The number of carbonyl (C=O) groups excluding carboxylic acids is 1. The van der Waals surface area contributed by atoms with Crippen LogP contribution < -0.4 is 4.90 Å². The zero-order valence-electron chi connectivity index (χ0n) is 14.0. The highest BCUT2D eigenvalue weighted by atomic mass is 16.6. The molecule has 0 unspecified atom stereocenters. The van der Waals surface area contributed by atoms with Crippen molar-refractivity contribution in [1.82, 2.24) is 4.98 Å². The summed E-state index contributed by atoms with van der Waals surface area (Å²) >= 11 is 0. The van der Waals surface area contributed by atoms with Gasteiger partial charge in [-0.05, 0) is 51.5 Å². The number of benzene rings is 1. The third-order valence-electron chi connectivity index (χ3n) is 3.16. The fraction of sp³-hybridized carbons (Fsp3) is 0.263. The van der Waals surface area contributed by atoms with E-state index in [1.807, 2.05) is 70.2 Å². The monoisotopic (exact) mass is 310 g/mol. The van der Waals surface area contributed by atoms with E-state index in [1.54, 1.807) is 6.20 Å². The number of carbonyl (C=O) groups is 1. The zero-order valence-corrected chi connectivity index (χ0v) is 14.0. The second kappa shape index (κ2) is 6.65. The molecule has 0 saturated carbocycles. The second-order valence-electron chi connectivity index (χ2n) is 6.26. The molecule has 0 bridgehead atoms. The Morgan fingerprint density at radius 1 is 1.13 bits per heavy atom. The van der Waals surface area contributed by atoms with E-state index >= 15 is 0 Å². The quantitative estimate of drug-likeness (QED) is 0.817. The standard InChI is InChI=1S/C19H22N2O2/c1-14-10-6-7-12-17(14)21(18(22)23-19(3,4)5)15(2)16-11-8-9-13-20-16/h6-13H,2H2,1,3-5H3. The van der Waals surface area contributed by atoms with E-state index in [9.17, 15) is 4.79 Å². The summed E-state index contributed by atoms with van der Waals surface area (Å²) in [6, 6.07) is 13.1. The van der Waals surface area contributed by atoms with Gasteiger partial charge in [-0.2, -0.15) is 0 Å². The lowest BCUT2D eigenvalue weighted by molar-refractivity contribution is 0.0600. The van der Waals surface area contributed by atoms with E-state index in [1.165, 1.54) is 4.90 Å². The highest BCUT2D eigenvalue weighted by Crippen LogP contribution is 2.29. The molecule has 1 amide bonds. The number of ether oxygens (including phenoxy) is 1. The van der Waals surface area contributed by atoms with Crippen LogP contribution in [0, 0.1) is 6.92 Å². The van der Waals surface area contributed by atoms with E-state index in [0.29, 0.717) is 11.4 Å². The maximum atomic E-state index is 12.7. The van der Waals surface area contributed by atoms with Crippen molar-refractivity contribution in [2.75, 3.05) is 4.90 Å². The van der Waals surface area contributed by atoms with Crippen molar-refractivity contribution in [2.24, 2.45) is 0 Å². The number of hydrogen-bond donors (Lipinski definition) is 0. The minimum absolute atomic E-state index is 0.470. The van der Waals surface area contributed by atoms with Crippen LogP contribution in [0.5, 0.6) is 0 Å². The Bertz CT molecular complexity index is 703. The highest BCUT2D eigenvalue weighted by Gasteiger charge is 2.27. The van der Waals surface area contributed by atoms with Gasteiger partial charge in [0.15, 0.2) is 0 Å². The molecule has 0 radical (unpaired) electrons. The van der Waals surface area contributed by atoms with Gasteiger partial charge in [-0.15, -0.1) is 0 Å². The molecule has 0 spiro atoms. The van der Waals surface area contributed by atoms with Gasteiger partial charge in [0.05, 0.1) is 17.1 Å². The largest absolute Gasteiger partial charge is 0.443 e. The summed E-state index contributed by atoms with van der Waals surface area (Å²) in [5, 5.41) is 0. The molecule has 1 aromatic carbocycles. The van der Waals surface area contributed by atoms with Crippen molar-refractivity contribution < 1.29 is 9.53 Å². The lowest BCUT2D eigenvalue weighted by atomic mass is 10.1. The topological polar surface area (TPSA) is 42.4 Å². The molecular weight excluding hydrogens is 288 g/mol. The van der Waals surface area contributed by atoms with Crippen molar-refractivity contribution in [3.63, 3.8) is 0 Å². The van der Waals surface area contributed by atoms with Crippen LogP contribution in [0.1, 0.15) is 32.0 Å². The van der Waals surface area contributed by atoms with Gasteiger partial charge in [-0.1, -0.05) is 30.8 Å². The molecule has 0 saturated heterocycles. The van der Waals surface area contributed by atoms with Crippen LogP contribution in [-0.4, -0.2) is 16.7 Å². The van der Waals surface area contributed by atoms with E-state index in [4.69, 9.17) is 4.74 Å². The lowest BCUT2D eigenvalue weighted by Crippen LogP contribution is -2.36. The van der Waals surface area contributed by atoms with Crippen LogP contribution in [0.3, 0.4) is 0 Å². The van der Waals surface area contributed by atoms with E-state index in [2.05, 4.69) is 11.6 Å². The molecule has 4 heteroatoms. The Morgan fingerprint density at radius 3 is 2.35 bits per heavy atom. The summed E-state index contributed by atoms with van der Waals surface area (Å²) in [6.45, 7) is 11.5. The summed E-state index contributed by atoms with van der Waals surface area (Å²) < 4.78 is 5.55. The molecule has 1 heterocycles. The fourth-order valence-electron chi connectivity index (χ4n) is 2.12. The lowest BCUT2D eigenvalue weighted by Gasteiger charge is -2.29. The number of para-hydroxylation sites is 1. The second-order valence-corrected chi connectivity index (χ2v) is 6.26. The Hall–Kier alpha value is -2.62. The maximum Gasteiger partial charge on any atom is 0.419 e. The molecule has 1 aromatic heterocycles. The van der Waals surface area contributed by atoms with Gasteiger partial charge < -0.3 is 4.74 Å². The zero-order chi connectivity index (χ0) is 17.0. The number of amides is 1. The maximum absolute atomic E-state index is 12.7. The molecule has 0 aliphatic heterocycles. The van der Waals surface area contributed by atoms with Gasteiger partial charge in [-0.3, -0.25) is 4.98 Å². The van der Waals surface area contributed by atoms with Gasteiger partial charge in [0, 0.05) is 6.20 Å². The molecular formula is C19H22N2O2. The van der Waals surface area contributed by atoms with Crippen LogP contribution in [0.15, 0.2) is 55.2 Å². The van der Waals surface area contributed by atoms with Crippen molar-refractivity contribution in [3.05, 3.63) is 66.5 Å².